The predicted molar refractivity (Wildman–Crippen MR) is 274 cm³/mol. The Kier molecular flexibility index (Phi) is 9.02. The molecule has 4 heteroatoms. The van der Waals surface area contributed by atoms with Crippen LogP contribution in [0.4, 0.5) is 34.1 Å². The molecule has 9 aromatic carbocycles. The first kappa shape index (κ1) is 37.6. The van der Waals surface area contributed by atoms with Crippen LogP contribution in [0.1, 0.15) is 31.2 Å². The summed E-state index contributed by atoms with van der Waals surface area (Å²) in [5.41, 5.74) is 15.4. The van der Waals surface area contributed by atoms with E-state index < -0.39 is 0 Å². The molecule has 0 unspecified atom stereocenters. The normalized spacial score (nSPS) is 15.3. The van der Waals surface area contributed by atoms with Crippen LogP contribution in [0.3, 0.4) is 0 Å². The van der Waals surface area contributed by atoms with Gasteiger partial charge in [-0.3, -0.25) is 0 Å². The molecule has 0 fully saturated rings. The van der Waals surface area contributed by atoms with Crippen molar-refractivity contribution in [3.05, 3.63) is 223 Å². The van der Waals surface area contributed by atoms with Crippen molar-refractivity contribution in [2.45, 2.75) is 45.3 Å². The van der Waals surface area contributed by atoms with E-state index >= 15 is 0 Å². The minimum Gasteiger partial charge on any atom is -0.308 e. The lowest BCUT2D eigenvalue weighted by atomic mass is 9.81. The van der Waals surface area contributed by atoms with Crippen molar-refractivity contribution in [3.63, 3.8) is 0 Å². The van der Waals surface area contributed by atoms with E-state index in [-0.39, 0.29) is 0 Å². The van der Waals surface area contributed by atoms with E-state index in [0.29, 0.717) is 0 Å². The van der Waals surface area contributed by atoms with E-state index in [9.17, 15) is 0 Å². The van der Waals surface area contributed by atoms with Crippen molar-refractivity contribution in [2.24, 2.45) is 0 Å². The first-order chi connectivity index (χ1) is 31.7. The number of para-hydroxylation sites is 4. The Bertz CT molecular complexity index is 3440. The molecule has 2 aliphatic heterocycles. The highest BCUT2D eigenvalue weighted by molar-refractivity contribution is 8.00. The molecule has 64 heavy (non-hydrogen) atoms. The van der Waals surface area contributed by atoms with Crippen LogP contribution in [-0.4, -0.2) is 0 Å². The Morgan fingerprint density at radius 2 is 0.844 bits per heavy atom. The van der Waals surface area contributed by atoms with Crippen molar-refractivity contribution < 1.29 is 0 Å². The van der Waals surface area contributed by atoms with E-state index in [1.165, 1.54) is 114 Å². The van der Waals surface area contributed by atoms with Gasteiger partial charge in [-0.05, 0) is 164 Å². The molecule has 304 valence electrons. The van der Waals surface area contributed by atoms with E-state index in [2.05, 4.69) is 216 Å². The van der Waals surface area contributed by atoms with Crippen LogP contribution in [0.25, 0.3) is 49.0 Å². The minimum absolute atomic E-state index is 0.979. The van der Waals surface area contributed by atoms with E-state index in [1.54, 1.807) is 0 Å². The lowest BCUT2D eigenvalue weighted by Crippen LogP contribution is -2.15. The zero-order valence-electron chi connectivity index (χ0n) is 35.2. The van der Waals surface area contributed by atoms with Crippen LogP contribution in [0.5, 0.6) is 0 Å². The molecule has 0 saturated heterocycles. The molecule has 0 atom stereocenters. The third-order valence-electron chi connectivity index (χ3n) is 13.4. The monoisotopic (exact) mass is 854 g/mol. The Balaban J connectivity index is 1.13. The number of rotatable bonds is 5. The van der Waals surface area contributed by atoms with Crippen molar-refractivity contribution in [2.75, 3.05) is 9.80 Å². The minimum atomic E-state index is 0.979. The van der Waals surface area contributed by atoms with Gasteiger partial charge in [-0.25, -0.2) is 0 Å². The molecule has 4 aliphatic rings. The number of nitrogens with zero attached hydrogens (tertiary/aromatic N) is 2. The van der Waals surface area contributed by atoms with Gasteiger partial charge in [-0.2, -0.15) is 0 Å². The van der Waals surface area contributed by atoms with E-state index in [0.717, 1.165) is 31.4 Å². The molecule has 13 rings (SSSR count). The number of fused-ring (bicyclic) bond motifs is 7. The fourth-order valence-electron chi connectivity index (χ4n) is 10.5. The van der Waals surface area contributed by atoms with Gasteiger partial charge in [-0.15, -0.1) is 0 Å². The quantitative estimate of drug-likeness (QED) is 0.159. The molecule has 2 heterocycles. The molecule has 9 aromatic rings. The smallest absolute Gasteiger partial charge is 0.0601 e. The largest absolute Gasteiger partial charge is 0.308 e. The van der Waals surface area contributed by atoms with Crippen LogP contribution < -0.4 is 9.80 Å². The summed E-state index contributed by atoms with van der Waals surface area (Å²) in [5.74, 6) is 0. The van der Waals surface area contributed by atoms with Gasteiger partial charge < -0.3 is 9.80 Å². The van der Waals surface area contributed by atoms with Gasteiger partial charge in [0.25, 0.3) is 0 Å². The van der Waals surface area contributed by atoms with Crippen molar-refractivity contribution in [3.8, 4) is 11.1 Å². The molecule has 2 aliphatic carbocycles. The maximum atomic E-state index is 2.50. The average molecular weight is 855 g/mol. The van der Waals surface area contributed by atoms with Gasteiger partial charge in [0.15, 0.2) is 0 Å². The Hall–Kier alpha value is -6.98. The zero-order chi connectivity index (χ0) is 42.1. The Morgan fingerprint density at radius 1 is 0.359 bits per heavy atom. The first-order valence-corrected chi connectivity index (χ1v) is 24.0. The molecule has 0 spiro atoms. The summed E-state index contributed by atoms with van der Waals surface area (Å²) in [6, 6.07) is 65.7. The fraction of sp³-hybridized carbons (Fsp3) is 0.0667. The maximum absolute atomic E-state index is 2.50. The summed E-state index contributed by atoms with van der Waals surface area (Å²) < 4.78 is 0. The maximum Gasteiger partial charge on any atom is 0.0601 e. The van der Waals surface area contributed by atoms with Crippen LogP contribution >= 0.6 is 23.5 Å². The second-order valence-electron chi connectivity index (χ2n) is 17.0. The highest BCUT2D eigenvalue weighted by atomic mass is 32.2. The van der Waals surface area contributed by atoms with Gasteiger partial charge in [0.2, 0.25) is 0 Å². The molecule has 0 bridgehead atoms. The van der Waals surface area contributed by atoms with Gasteiger partial charge in [0.05, 0.1) is 22.7 Å². The summed E-state index contributed by atoms with van der Waals surface area (Å²) in [4.78, 5) is 10.0. The lowest BCUT2D eigenvalue weighted by Gasteiger charge is -2.34. The average Bonchev–Trinajstić information content (AvgIpc) is 3.36. The summed E-state index contributed by atoms with van der Waals surface area (Å²) in [7, 11) is 0. The van der Waals surface area contributed by atoms with E-state index in [1.807, 2.05) is 23.5 Å². The van der Waals surface area contributed by atoms with Gasteiger partial charge >= 0.3 is 0 Å². The lowest BCUT2D eigenvalue weighted by molar-refractivity contribution is 0.906. The summed E-state index contributed by atoms with van der Waals surface area (Å²) in [6.45, 7) is 0. The van der Waals surface area contributed by atoms with Gasteiger partial charge in [0.1, 0.15) is 0 Å². The van der Waals surface area contributed by atoms with Crippen LogP contribution in [-0.2, 0) is 0 Å². The highest BCUT2D eigenvalue weighted by Gasteiger charge is 2.29. The standard InChI is InChI=1S/C60H42N2S2/c1-2-15-39(16-3-1)40-29-31-42(32-30-40)59-47-35-33-44(62-53-23-8-12-27-57(53)64-58-28-13-9-24-54(58)62)38-50(47)60(46-20-14-18-41-17-4-5-19-45(41)46)48-36-34-43(37-49(48)59)61-51-21-6-10-25-55(51)63-56-26-11-7-22-52(56)61/h1-2,4-15,17-29,31,33-38H,3,16,30,32H2. The number of hydrogen-bond donors (Lipinski definition) is 0. The molecule has 0 amide bonds. The molecular formula is C60H42N2S2. The molecule has 0 saturated carbocycles. The summed E-state index contributed by atoms with van der Waals surface area (Å²) >= 11 is 3.71. The number of hydrogen-bond acceptors (Lipinski definition) is 4. The van der Waals surface area contributed by atoms with Crippen molar-refractivity contribution in [1.29, 1.82) is 0 Å². The molecule has 0 aromatic heterocycles. The van der Waals surface area contributed by atoms with Crippen molar-refractivity contribution in [1.82, 2.24) is 0 Å². The van der Waals surface area contributed by atoms with Gasteiger partial charge in [-0.1, -0.05) is 157 Å². The number of anilines is 6. The molecule has 2 nitrogen and oxygen atoms in total. The van der Waals surface area contributed by atoms with E-state index in [4.69, 9.17) is 0 Å². The molecule has 0 radical (unpaired) electrons. The third-order valence-corrected chi connectivity index (χ3v) is 15.7. The van der Waals surface area contributed by atoms with Gasteiger partial charge in [0, 0.05) is 31.0 Å². The highest BCUT2D eigenvalue weighted by Crippen LogP contribution is 2.55. The zero-order valence-corrected chi connectivity index (χ0v) is 36.8. The number of benzene rings is 9. The predicted octanol–water partition coefficient (Wildman–Crippen LogP) is 18.1. The Labute approximate surface area is 382 Å². The molecule has 0 N–H and O–H groups in total. The third kappa shape index (κ3) is 6.12. The van der Waals surface area contributed by atoms with Crippen LogP contribution in [0.15, 0.2) is 237 Å². The second kappa shape index (κ2) is 15.4. The molecular weight excluding hydrogens is 813 g/mol. The van der Waals surface area contributed by atoms with Crippen LogP contribution in [0, 0.1) is 0 Å². The first-order valence-electron chi connectivity index (χ1n) is 22.3. The SMILES string of the molecule is C1=CCCC(C2=CC=C(c3c4cc(N5c6ccccc6Sc6ccccc65)ccc4c(-c4cccc5ccccc45)c4cc(N5c6ccccc6Sc6ccccc65)ccc34)CC2)=C1. The summed E-state index contributed by atoms with van der Waals surface area (Å²) in [5, 5.41) is 7.59. The second-order valence-corrected chi connectivity index (χ2v) is 19.2. The Morgan fingerprint density at radius 3 is 1.41 bits per heavy atom. The topological polar surface area (TPSA) is 6.48 Å². The summed E-state index contributed by atoms with van der Waals surface area (Å²) in [6.07, 6.45) is 15.9. The van der Waals surface area contributed by atoms with Crippen LogP contribution in [0.2, 0.25) is 0 Å². The number of allylic oxidation sites excluding steroid dienone is 8. The fourth-order valence-corrected chi connectivity index (χ4v) is 12.6. The van der Waals surface area contributed by atoms with Crippen molar-refractivity contribution >= 4 is 95.5 Å².